The summed E-state index contributed by atoms with van der Waals surface area (Å²) in [5, 5.41) is 9.00. The van der Waals surface area contributed by atoms with Gasteiger partial charge in [0.25, 0.3) is 0 Å². The topological polar surface area (TPSA) is 54.7 Å². The van der Waals surface area contributed by atoms with E-state index in [1.165, 1.54) is 13.4 Å². The molecule has 0 heterocycles. The zero-order valence-electron chi connectivity index (χ0n) is 13.3. The van der Waals surface area contributed by atoms with Gasteiger partial charge in [-0.1, -0.05) is 0 Å². The van der Waals surface area contributed by atoms with Gasteiger partial charge in [-0.2, -0.15) is 5.26 Å². The van der Waals surface area contributed by atoms with E-state index in [9.17, 15) is 0 Å². The highest BCUT2D eigenvalue weighted by atomic mass is 16.5. The number of aryl methyl sites for hydroxylation is 1. The van der Waals surface area contributed by atoms with Crippen LogP contribution in [0.5, 0.6) is 11.5 Å². The summed E-state index contributed by atoms with van der Waals surface area (Å²) in [5.74, 6) is 1.51. The molecule has 5 heteroatoms. The standard InChI is InChI=1S/C16H22N2O3/c1-18(2)16-14(20-4)8-12(9-15(16)21-5)6-7-13(10-17)11-19-3/h8-9,11H,6-7H2,1-5H3. The average molecular weight is 290 g/mol. The number of hydrogen-bond donors (Lipinski definition) is 0. The van der Waals surface area contributed by atoms with Crippen molar-refractivity contribution in [3.8, 4) is 17.6 Å². The molecule has 114 valence electrons. The Morgan fingerprint density at radius 1 is 1.19 bits per heavy atom. The summed E-state index contributed by atoms with van der Waals surface area (Å²) in [6, 6.07) is 6.07. The van der Waals surface area contributed by atoms with E-state index >= 15 is 0 Å². The van der Waals surface area contributed by atoms with Gasteiger partial charge in [-0.25, -0.2) is 0 Å². The number of nitriles is 1. The minimum atomic E-state index is 0.604. The van der Waals surface area contributed by atoms with Gasteiger partial charge >= 0.3 is 0 Å². The highest BCUT2D eigenvalue weighted by Crippen LogP contribution is 2.38. The number of methoxy groups -OCH3 is 3. The Labute approximate surface area is 126 Å². The van der Waals surface area contributed by atoms with Crippen molar-refractivity contribution < 1.29 is 14.2 Å². The molecule has 0 aromatic heterocycles. The molecule has 0 radical (unpaired) electrons. The van der Waals surface area contributed by atoms with Crippen LogP contribution in [0.25, 0.3) is 0 Å². The number of anilines is 1. The molecule has 0 fully saturated rings. The summed E-state index contributed by atoms with van der Waals surface area (Å²) in [6.45, 7) is 0. The second-order valence-corrected chi connectivity index (χ2v) is 4.73. The molecule has 0 amide bonds. The second-order valence-electron chi connectivity index (χ2n) is 4.73. The molecule has 0 aliphatic heterocycles. The summed E-state index contributed by atoms with van der Waals surface area (Å²) in [5.41, 5.74) is 2.55. The Hall–Kier alpha value is -2.35. The molecule has 1 rings (SSSR count). The summed E-state index contributed by atoms with van der Waals surface area (Å²) >= 11 is 0. The fourth-order valence-electron chi connectivity index (χ4n) is 2.10. The summed E-state index contributed by atoms with van der Waals surface area (Å²) in [6.07, 6.45) is 2.80. The van der Waals surface area contributed by atoms with Crippen LogP contribution in [0.1, 0.15) is 12.0 Å². The Kier molecular flexibility index (Phi) is 6.41. The highest BCUT2D eigenvalue weighted by molar-refractivity contribution is 5.68. The van der Waals surface area contributed by atoms with Crippen LogP contribution in [-0.2, 0) is 11.2 Å². The van der Waals surface area contributed by atoms with Crippen molar-refractivity contribution in [2.75, 3.05) is 40.3 Å². The number of benzene rings is 1. The molecule has 0 unspecified atom stereocenters. The molecule has 0 atom stereocenters. The molecule has 0 spiro atoms. The molecular weight excluding hydrogens is 268 g/mol. The van der Waals surface area contributed by atoms with Crippen LogP contribution in [-0.4, -0.2) is 35.4 Å². The number of allylic oxidation sites excluding steroid dienone is 1. The lowest BCUT2D eigenvalue weighted by Crippen LogP contribution is -2.12. The van der Waals surface area contributed by atoms with Crippen molar-refractivity contribution in [2.45, 2.75) is 12.8 Å². The minimum Gasteiger partial charge on any atom is -0.503 e. The summed E-state index contributed by atoms with van der Waals surface area (Å²) < 4.78 is 15.8. The van der Waals surface area contributed by atoms with Gasteiger partial charge in [-0.3, -0.25) is 0 Å². The smallest absolute Gasteiger partial charge is 0.146 e. The van der Waals surface area contributed by atoms with Crippen LogP contribution in [0.2, 0.25) is 0 Å². The van der Waals surface area contributed by atoms with Gasteiger partial charge in [0.05, 0.1) is 39.2 Å². The molecule has 0 aliphatic carbocycles. The maximum atomic E-state index is 9.00. The van der Waals surface area contributed by atoms with E-state index in [0.29, 0.717) is 18.4 Å². The van der Waals surface area contributed by atoms with Crippen LogP contribution >= 0.6 is 0 Å². The Morgan fingerprint density at radius 2 is 1.76 bits per heavy atom. The van der Waals surface area contributed by atoms with E-state index in [1.54, 1.807) is 14.2 Å². The summed E-state index contributed by atoms with van der Waals surface area (Å²) in [4.78, 5) is 1.95. The van der Waals surface area contributed by atoms with E-state index < -0.39 is 0 Å². The third-order valence-electron chi connectivity index (χ3n) is 3.07. The van der Waals surface area contributed by atoms with Crippen molar-refractivity contribution >= 4 is 5.69 Å². The third kappa shape index (κ3) is 4.32. The number of rotatable bonds is 7. The molecule has 0 aliphatic rings. The summed E-state index contributed by atoms with van der Waals surface area (Å²) in [7, 11) is 8.69. The average Bonchev–Trinajstić information content (AvgIpc) is 2.49. The molecule has 0 saturated carbocycles. The van der Waals surface area contributed by atoms with Crippen LogP contribution in [0.3, 0.4) is 0 Å². The van der Waals surface area contributed by atoms with Gasteiger partial charge in [-0.15, -0.1) is 0 Å². The predicted octanol–water partition coefficient (Wildman–Crippen LogP) is 2.76. The Morgan fingerprint density at radius 3 is 2.14 bits per heavy atom. The zero-order chi connectivity index (χ0) is 15.8. The first kappa shape index (κ1) is 16.7. The second kappa shape index (κ2) is 8.05. The van der Waals surface area contributed by atoms with Crippen molar-refractivity contribution in [3.05, 3.63) is 29.5 Å². The minimum absolute atomic E-state index is 0.604. The highest BCUT2D eigenvalue weighted by Gasteiger charge is 2.14. The van der Waals surface area contributed by atoms with Gasteiger partial charge in [-0.05, 0) is 30.5 Å². The van der Waals surface area contributed by atoms with E-state index in [1.807, 2.05) is 31.1 Å². The fraction of sp³-hybridized carbons (Fsp3) is 0.438. The lowest BCUT2D eigenvalue weighted by Gasteiger charge is -2.21. The SMILES string of the molecule is COC=C(C#N)CCc1cc(OC)c(N(C)C)c(OC)c1. The van der Waals surface area contributed by atoms with Crippen LogP contribution in [0, 0.1) is 11.3 Å². The van der Waals surface area contributed by atoms with Gasteiger partial charge in [0, 0.05) is 14.1 Å². The maximum Gasteiger partial charge on any atom is 0.146 e. The van der Waals surface area contributed by atoms with Crippen molar-refractivity contribution in [2.24, 2.45) is 0 Å². The first-order valence-corrected chi connectivity index (χ1v) is 6.61. The van der Waals surface area contributed by atoms with Gasteiger partial charge in [0.15, 0.2) is 0 Å². The van der Waals surface area contributed by atoms with E-state index in [0.717, 1.165) is 22.7 Å². The van der Waals surface area contributed by atoms with Gasteiger partial charge < -0.3 is 19.1 Å². The van der Waals surface area contributed by atoms with Crippen LogP contribution < -0.4 is 14.4 Å². The first-order chi connectivity index (χ1) is 10.1. The number of ether oxygens (including phenoxy) is 3. The molecule has 1 aromatic rings. The third-order valence-corrected chi connectivity index (χ3v) is 3.07. The van der Waals surface area contributed by atoms with Gasteiger partial charge in [0.1, 0.15) is 17.2 Å². The Balaban J connectivity index is 3.05. The monoisotopic (exact) mass is 290 g/mol. The van der Waals surface area contributed by atoms with E-state index in [-0.39, 0.29) is 0 Å². The zero-order valence-corrected chi connectivity index (χ0v) is 13.3. The first-order valence-electron chi connectivity index (χ1n) is 6.61. The molecular formula is C16H22N2O3. The fourth-order valence-corrected chi connectivity index (χ4v) is 2.10. The van der Waals surface area contributed by atoms with Crippen molar-refractivity contribution in [1.29, 1.82) is 5.26 Å². The normalized spacial score (nSPS) is 10.8. The Bertz CT molecular complexity index is 520. The van der Waals surface area contributed by atoms with Gasteiger partial charge in [0.2, 0.25) is 0 Å². The number of hydrogen-bond acceptors (Lipinski definition) is 5. The predicted molar refractivity (Wildman–Crippen MR) is 82.9 cm³/mol. The quantitative estimate of drug-likeness (QED) is 0.571. The lowest BCUT2D eigenvalue weighted by atomic mass is 10.0. The molecule has 0 N–H and O–H groups in total. The van der Waals surface area contributed by atoms with E-state index in [2.05, 4.69) is 6.07 Å². The molecule has 0 saturated heterocycles. The largest absolute Gasteiger partial charge is 0.503 e. The molecule has 5 nitrogen and oxygen atoms in total. The number of nitrogens with zero attached hydrogens (tertiary/aromatic N) is 2. The molecule has 1 aromatic carbocycles. The van der Waals surface area contributed by atoms with Crippen LogP contribution in [0.4, 0.5) is 5.69 Å². The van der Waals surface area contributed by atoms with Crippen molar-refractivity contribution in [1.82, 2.24) is 0 Å². The molecule has 0 bridgehead atoms. The maximum absolute atomic E-state index is 9.00. The van der Waals surface area contributed by atoms with Crippen LogP contribution in [0.15, 0.2) is 24.0 Å². The molecule has 21 heavy (non-hydrogen) atoms. The van der Waals surface area contributed by atoms with E-state index in [4.69, 9.17) is 19.5 Å². The lowest BCUT2D eigenvalue weighted by molar-refractivity contribution is 0.334. The van der Waals surface area contributed by atoms with Crippen molar-refractivity contribution in [3.63, 3.8) is 0 Å².